The van der Waals surface area contributed by atoms with E-state index in [4.69, 9.17) is 16.3 Å². The molecule has 1 amide bonds. The van der Waals surface area contributed by atoms with Gasteiger partial charge in [-0.3, -0.25) is 4.79 Å². The van der Waals surface area contributed by atoms with Crippen LogP contribution in [-0.4, -0.2) is 13.0 Å². The number of ether oxygens (including phenoxy) is 1. The highest BCUT2D eigenvalue weighted by Gasteiger charge is 2.17. The van der Waals surface area contributed by atoms with E-state index in [0.29, 0.717) is 28.4 Å². The van der Waals surface area contributed by atoms with Crippen LogP contribution >= 0.6 is 11.6 Å². The molecule has 0 aromatic heterocycles. The van der Waals surface area contributed by atoms with Gasteiger partial charge in [-0.25, -0.2) is 0 Å². The van der Waals surface area contributed by atoms with Gasteiger partial charge in [0.15, 0.2) is 0 Å². The van der Waals surface area contributed by atoms with Crippen molar-refractivity contribution in [3.63, 3.8) is 0 Å². The Morgan fingerprint density at radius 2 is 1.82 bits per heavy atom. The fourth-order valence-corrected chi connectivity index (χ4v) is 3.22. The molecule has 140 valence electrons. The summed E-state index contributed by atoms with van der Waals surface area (Å²) in [4.78, 5) is 12.5. The average Bonchev–Trinajstić information content (AvgIpc) is 2.72. The molecule has 3 rings (SSSR count). The number of methoxy groups -OCH3 is 1. The zero-order valence-electron chi connectivity index (χ0n) is 15.4. The Labute approximate surface area is 169 Å². The van der Waals surface area contributed by atoms with Crippen LogP contribution in [0, 0.1) is 11.3 Å². The molecule has 4 nitrogen and oxygen atoms in total. The maximum Gasteiger partial charge on any atom is 0.255 e. The summed E-state index contributed by atoms with van der Waals surface area (Å²) in [6.45, 7) is 0.500. The summed E-state index contributed by atoms with van der Waals surface area (Å²) >= 11 is 6.42. The lowest BCUT2D eigenvalue weighted by molar-refractivity contribution is 0.102. The molecular weight excluding hydrogens is 372 g/mol. The summed E-state index contributed by atoms with van der Waals surface area (Å²) in [5.41, 5.74) is 3.69. The minimum Gasteiger partial charge on any atom is -0.380 e. The van der Waals surface area contributed by atoms with E-state index in [9.17, 15) is 10.1 Å². The lowest BCUT2D eigenvalue weighted by atomic mass is 9.92. The van der Waals surface area contributed by atoms with Crippen LogP contribution in [0.2, 0.25) is 5.02 Å². The van der Waals surface area contributed by atoms with Crippen molar-refractivity contribution < 1.29 is 9.53 Å². The Morgan fingerprint density at radius 3 is 2.43 bits per heavy atom. The Bertz CT molecular complexity index is 995. The monoisotopic (exact) mass is 390 g/mol. The number of hydrogen-bond donors (Lipinski definition) is 1. The summed E-state index contributed by atoms with van der Waals surface area (Å²) in [6.07, 6.45) is 0. The lowest BCUT2D eigenvalue weighted by Crippen LogP contribution is -2.12. The zero-order valence-corrected chi connectivity index (χ0v) is 16.1. The first kappa shape index (κ1) is 19.6. The van der Waals surface area contributed by atoms with Gasteiger partial charge in [-0.2, -0.15) is 5.26 Å². The molecule has 0 saturated carbocycles. The Hall–Kier alpha value is -3.13. The van der Waals surface area contributed by atoms with Crippen molar-refractivity contribution in [3.05, 3.63) is 100 Å². The van der Waals surface area contributed by atoms with Gasteiger partial charge in [-0.1, -0.05) is 60.1 Å². The first-order valence-corrected chi connectivity index (χ1v) is 9.13. The van der Waals surface area contributed by atoms with Crippen molar-refractivity contribution in [3.8, 4) is 6.07 Å². The smallest absolute Gasteiger partial charge is 0.255 e. The molecule has 0 heterocycles. The Balaban J connectivity index is 1.77. The highest BCUT2D eigenvalue weighted by molar-refractivity contribution is 6.32. The predicted molar refractivity (Wildman–Crippen MR) is 110 cm³/mol. The number of carbonyl (C=O) groups is 1. The van der Waals surface area contributed by atoms with E-state index in [2.05, 4.69) is 11.4 Å². The molecule has 0 spiro atoms. The summed E-state index contributed by atoms with van der Waals surface area (Å²) in [5, 5.41) is 12.9. The summed E-state index contributed by atoms with van der Waals surface area (Å²) in [7, 11) is 1.63. The molecule has 0 aliphatic carbocycles. The molecule has 5 heteroatoms. The molecule has 3 aromatic rings. The largest absolute Gasteiger partial charge is 0.380 e. The van der Waals surface area contributed by atoms with Crippen LogP contribution in [0.5, 0.6) is 0 Å². The quantitative estimate of drug-likeness (QED) is 0.613. The van der Waals surface area contributed by atoms with E-state index in [1.807, 2.05) is 42.5 Å². The van der Waals surface area contributed by atoms with E-state index in [0.717, 1.165) is 11.1 Å². The maximum absolute atomic E-state index is 12.5. The van der Waals surface area contributed by atoms with Gasteiger partial charge >= 0.3 is 0 Å². The second-order valence-electron chi connectivity index (χ2n) is 6.29. The maximum atomic E-state index is 12.5. The Morgan fingerprint density at radius 1 is 1.11 bits per heavy atom. The minimum atomic E-state index is -0.466. The molecule has 3 aromatic carbocycles. The third-order valence-corrected chi connectivity index (χ3v) is 4.69. The number of halogens is 1. The van der Waals surface area contributed by atoms with Gasteiger partial charge in [-0.15, -0.1) is 0 Å². The SMILES string of the molecule is COCc1ccc(C(=O)Nc2ccc(C(C#N)c3ccccc3)c(Cl)c2)cc1. The molecule has 1 atom stereocenters. The molecule has 0 radical (unpaired) electrons. The molecule has 28 heavy (non-hydrogen) atoms. The molecule has 1 N–H and O–H groups in total. The van der Waals surface area contributed by atoms with Crippen LogP contribution in [0.4, 0.5) is 5.69 Å². The third kappa shape index (κ3) is 4.58. The van der Waals surface area contributed by atoms with E-state index in [1.54, 1.807) is 37.4 Å². The predicted octanol–water partition coefficient (Wildman–Crippen LogP) is 5.39. The fourth-order valence-electron chi connectivity index (χ4n) is 2.93. The van der Waals surface area contributed by atoms with Crippen LogP contribution in [0.25, 0.3) is 0 Å². The van der Waals surface area contributed by atoms with Crippen LogP contribution in [0.1, 0.15) is 33.0 Å². The Kier molecular flexibility index (Phi) is 6.44. The first-order chi connectivity index (χ1) is 13.6. The van der Waals surface area contributed by atoms with Crippen LogP contribution in [0.3, 0.4) is 0 Å². The molecular formula is C23H19ClN2O2. The number of carbonyl (C=O) groups excluding carboxylic acids is 1. The number of hydrogen-bond acceptors (Lipinski definition) is 3. The standard InChI is InChI=1S/C23H19ClN2O2/c1-28-15-16-7-9-18(10-8-16)23(27)26-19-11-12-20(22(24)13-19)21(14-25)17-5-3-2-4-6-17/h2-13,21H,15H2,1H3,(H,26,27). The van der Waals surface area contributed by atoms with Gasteiger partial charge in [0.05, 0.1) is 18.6 Å². The van der Waals surface area contributed by atoms with Crippen molar-refractivity contribution in [2.75, 3.05) is 12.4 Å². The minimum absolute atomic E-state index is 0.229. The number of amides is 1. The lowest BCUT2D eigenvalue weighted by Gasteiger charge is -2.13. The average molecular weight is 391 g/mol. The zero-order chi connectivity index (χ0) is 19.9. The van der Waals surface area contributed by atoms with Gasteiger partial charge in [0.25, 0.3) is 5.91 Å². The number of anilines is 1. The van der Waals surface area contributed by atoms with Crippen LogP contribution < -0.4 is 5.32 Å². The highest BCUT2D eigenvalue weighted by atomic mass is 35.5. The van der Waals surface area contributed by atoms with E-state index in [-0.39, 0.29) is 5.91 Å². The van der Waals surface area contributed by atoms with Gasteiger partial charge in [-0.05, 0) is 41.0 Å². The second kappa shape index (κ2) is 9.18. The molecule has 0 bridgehead atoms. The summed E-state index contributed by atoms with van der Waals surface area (Å²) < 4.78 is 5.07. The van der Waals surface area contributed by atoms with Gasteiger partial charge in [0.1, 0.15) is 0 Å². The highest BCUT2D eigenvalue weighted by Crippen LogP contribution is 2.31. The van der Waals surface area contributed by atoms with Crippen molar-refractivity contribution in [1.82, 2.24) is 0 Å². The molecule has 0 saturated heterocycles. The third-order valence-electron chi connectivity index (χ3n) is 4.36. The van der Waals surface area contributed by atoms with Crippen molar-refractivity contribution >= 4 is 23.2 Å². The summed E-state index contributed by atoms with van der Waals surface area (Å²) in [5.74, 6) is -0.695. The summed E-state index contributed by atoms with van der Waals surface area (Å²) in [6, 6.07) is 24.2. The van der Waals surface area contributed by atoms with Gasteiger partial charge < -0.3 is 10.1 Å². The van der Waals surface area contributed by atoms with Gasteiger partial charge in [0.2, 0.25) is 0 Å². The van der Waals surface area contributed by atoms with Gasteiger partial charge in [0, 0.05) is 23.4 Å². The number of nitrogens with one attached hydrogen (secondary N) is 1. The number of nitriles is 1. The molecule has 1 unspecified atom stereocenters. The topological polar surface area (TPSA) is 62.1 Å². The van der Waals surface area contributed by atoms with Crippen molar-refractivity contribution in [1.29, 1.82) is 5.26 Å². The van der Waals surface area contributed by atoms with Crippen LogP contribution in [-0.2, 0) is 11.3 Å². The normalized spacial score (nSPS) is 11.5. The molecule has 0 fully saturated rings. The van der Waals surface area contributed by atoms with E-state index in [1.165, 1.54) is 0 Å². The number of nitrogens with zero attached hydrogens (tertiary/aromatic N) is 1. The van der Waals surface area contributed by atoms with E-state index >= 15 is 0 Å². The van der Waals surface area contributed by atoms with E-state index < -0.39 is 5.92 Å². The van der Waals surface area contributed by atoms with Crippen molar-refractivity contribution in [2.24, 2.45) is 0 Å². The first-order valence-electron chi connectivity index (χ1n) is 8.75. The second-order valence-corrected chi connectivity index (χ2v) is 6.70. The number of rotatable bonds is 6. The number of benzene rings is 3. The molecule has 0 aliphatic heterocycles. The fraction of sp³-hybridized carbons (Fsp3) is 0.130. The van der Waals surface area contributed by atoms with Crippen LogP contribution in [0.15, 0.2) is 72.8 Å². The van der Waals surface area contributed by atoms with Crippen molar-refractivity contribution in [2.45, 2.75) is 12.5 Å². The molecule has 0 aliphatic rings.